The molecule has 0 bridgehead atoms. The maximum absolute atomic E-state index is 14.6. The van der Waals surface area contributed by atoms with E-state index in [9.17, 15) is 4.39 Å². The largest absolute Gasteiger partial charge is 0.457 e. The topological polar surface area (TPSA) is 68.2 Å². The highest BCUT2D eigenvalue weighted by molar-refractivity contribution is 8.04. The van der Waals surface area contributed by atoms with Crippen molar-refractivity contribution in [2.24, 2.45) is 5.10 Å². The summed E-state index contributed by atoms with van der Waals surface area (Å²) >= 11 is 25.8. The molecule has 12 heteroatoms. The average molecular weight is 631 g/mol. The van der Waals surface area contributed by atoms with Crippen molar-refractivity contribution in [2.75, 3.05) is 5.32 Å². The number of nitrogens with one attached hydrogen (secondary N) is 1. The van der Waals surface area contributed by atoms with Crippen molar-refractivity contribution in [1.29, 1.82) is 0 Å². The Bertz CT molecular complexity index is 1780. The lowest BCUT2D eigenvalue weighted by Gasteiger charge is -2.18. The molecule has 1 aliphatic heterocycles. The lowest BCUT2D eigenvalue weighted by Crippen LogP contribution is -2.15. The van der Waals surface area contributed by atoms with E-state index in [1.807, 2.05) is 36.4 Å². The third-order valence-electron chi connectivity index (χ3n) is 5.90. The number of fused-ring (bicyclic) bond motifs is 1. The lowest BCUT2D eigenvalue weighted by atomic mass is 10.1. The van der Waals surface area contributed by atoms with Gasteiger partial charge in [-0.1, -0.05) is 46.4 Å². The normalized spacial score (nSPS) is 13.8. The molecule has 0 saturated heterocycles. The van der Waals surface area contributed by atoms with Crippen LogP contribution in [-0.2, 0) is 6.54 Å². The molecule has 3 aromatic carbocycles. The molecule has 0 spiro atoms. The van der Waals surface area contributed by atoms with Gasteiger partial charge in [0.1, 0.15) is 23.0 Å². The zero-order valence-electron chi connectivity index (χ0n) is 20.2. The zero-order valence-corrected chi connectivity index (χ0v) is 24.0. The fraction of sp³-hybridized carbons (Fsp3) is 0.0357. The Morgan fingerprint density at radius 3 is 2.35 bits per heavy atom. The molecule has 1 aliphatic rings. The smallest absolute Gasteiger partial charge is 0.217 e. The summed E-state index contributed by atoms with van der Waals surface area (Å²) in [5, 5.41) is 18.7. The molecule has 3 heterocycles. The Morgan fingerprint density at radius 1 is 0.875 bits per heavy atom. The van der Waals surface area contributed by atoms with Gasteiger partial charge in [0.25, 0.3) is 0 Å². The minimum absolute atomic E-state index is 0.0835. The van der Waals surface area contributed by atoms with Gasteiger partial charge in [-0.2, -0.15) is 9.78 Å². The third-order valence-corrected chi connectivity index (χ3v) is 7.97. The summed E-state index contributed by atoms with van der Waals surface area (Å²) < 4.78 is 22.3. The van der Waals surface area contributed by atoms with E-state index in [0.29, 0.717) is 55.3 Å². The van der Waals surface area contributed by atoms with E-state index in [0.717, 1.165) is 11.3 Å². The van der Waals surface area contributed by atoms with Gasteiger partial charge in [0.05, 0.1) is 16.6 Å². The number of allylic oxidation sites excluding steroid dienone is 1. The van der Waals surface area contributed by atoms with Crippen LogP contribution in [-0.4, -0.2) is 20.6 Å². The predicted octanol–water partition coefficient (Wildman–Crippen LogP) is 9.30. The average Bonchev–Trinajstić information content (AvgIpc) is 3.57. The van der Waals surface area contributed by atoms with Gasteiger partial charge in [-0.05, 0) is 90.6 Å². The molecule has 200 valence electrons. The van der Waals surface area contributed by atoms with Crippen LogP contribution in [0.5, 0.6) is 0 Å². The Hall–Kier alpha value is -3.27. The van der Waals surface area contributed by atoms with Crippen LogP contribution >= 0.6 is 58.2 Å². The minimum atomic E-state index is -0.615. The fourth-order valence-corrected chi connectivity index (χ4v) is 5.59. The Balaban J connectivity index is 1.38. The molecule has 6 nitrogen and oxygen atoms in total. The van der Waals surface area contributed by atoms with Crippen molar-refractivity contribution in [1.82, 2.24) is 14.9 Å². The molecule has 0 amide bonds. The molecule has 1 N–H and O–H groups in total. The van der Waals surface area contributed by atoms with Gasteiger partial charge in [0, 0.05) is 31.8 Å². The van der Waals surface area contributed by atoms with Gasteiger partial charge in [-0.25, -0.2) is 4.39 Å². The summed E-state index contributed by atoms with van der Waals surface area (Å²) in [6, 6.07) is 20.9. The molecule has 0 unspecified atom stereocenters. The summed E-state index contributed by atoms with van der Waals surface area (Å²) in [7, 11) is 0. The number of rotatable bonds is 6. The number of hydrogen-bond acceptors (Lipinski definition) is 6. The maximum atomic E-state index is 14.6. The van der Waals surface area contributed by atoms with Crippen LogP contribution in [0.4, 0.5) is 10.1 Å². The first-order valence-electron chi connectivity index (χ1n) is 11.8. The van der Waals surface area contributed by atoms with Crippen molar-refractivity contribution >= 4 is 75.6 Å². The summed E-state index contributed by atoms with van der Waals surface area (Å²) in [5.41, 5.74) is 2.50. The van der Waals surface area contributed by atoms with Gasteiger partial charge in [0.15, 0.2) is 5.82 Å². The molecular weight excluding hydrogens is 615 g/mol. The first-order valence-corrected chi connectivity index (χ1v) is 14.1. The first kappa shape index (κ1) is 26.9. The van der Waals surface area contributed by atoms with Crippen LogP contribution in [0.3, 0.4) is 0 Å². The predicted molar refractivity (Wildman–Crippen MR) is 160 cm³/mol. The molecule has 6 rings (SSSR count). The van der Waals surface area contributed by atoms with Crippen molar-refractivity contribution < 1.29 is 8.81 Å². The van der Waals surface area contributed by atoms with Crippen LogP contribution in [0, 0.1) is 5.82 Å². The summed E-state index contributed by atoms with van der Waals surface area (Å²) in [6.45, 7) is 0.330. The highest BCUT2D eigenvalue weighted by Crippen LogP contribution is 2.38. The van der Waals surface area contributed by atoms with Crippen molar-refractivity contribution in [3.63, 3.8) is 0 Å². The molecule has 5 aromatic rings. The minimum Gasteiger partial charge on any atom is -0.457 e. The van der Waals surface area contributed by atoms with Crippen LogP contribution in [0.25, 0.3) is 17.4 Å². The molecule has 0 fully saturated rings. The highest BCUT2D eigenvalue weighted by atomic mass is 35.5. The lowest BCUT2D eigenvalue weighted by molar-refractivity contribution is 0.571. The van der Waals surface area contributed by atoms with E-state index in [1.165, 1.54) is 23.9 Å². The number of benzene rings is 3. The first-order chi connectivity index (χ1) is 19.3. The number of anilines is 1. The van der Waals surface area contributed by atoms with E-state index in [-0.39, 0.29) is 10.0 Å². The Morgan fingerprint density at radius 2 is 1.60 bits per heavy atom. The standard InChI is InChI=1S/C28H16Cl4FN5OS/c29-16-3-1-15(2-4-16)24-10-9-19(39-24)11-25-27(20-12-23(33)22(32)13-21(20)31)37-38-26(35-36-28(38)40-25)14-34-18-7-5-17(30)6-8-18/h1-13,34H,14H2. The summed E-state index contributed by atoms with van der Waals surface area (Å²) in [5.74, 6) is 1.15. The SMILES string of the molecule is Fc1cc(C2=Nn3c(CNc4ccc(Cl)cc4)nnc3SC2=Cc2ccc(-c3ccc(Cl)cc3)o2)c(Cl)cc1Cl. The second-order valence-corrected chi connectivity index (χ2v) is 11.3. The fourth-order valence-electron chi connectivity index (χ4n) is 3.93. The Kier molecular flexibility index (Phi) is 7.61. The van der Waals surface area contributed by atoms with Gasteiger partial charge >= 0.3 is 0 Å². The monoisotopic (exact) mass is 629 g/mol. The molecule has 0 aliphatic carbocycles. The third kappa shape index (κ3) is 5.64. The van der Waals surface area contributed by atoms with Crippen LogP contribution in [0.15, 0.2) is 92.4 Å². The molecule has 2 aromatic heterocycles. The van der Waals surface area contributed by atoms with Gasteiger partial charge in [-0.3, -0.25) is 0 Å². The second-order valence-electron chi connectivity index (χ2n) is 8.59. The molecule has 0 saturated carbocycles. The van der Waals surface area contributed by atoms with Crippen molar-refractivity contribution in [3.8, 4) is 11.3 Å². The number of thioether (sulfide) groups is 1. The van der Waals surface area contributed by atoms with Gasteiger partial charge in [0.2, 0.25) is 5.16 Å². The van der Waals surface area contributed by atoms with Crippen LogP contribution in [0.1, 0.15) is 17.1 Å². The van der Waals surface area contributed by atoms with Crippen molar-refractivity contribution in [2.45, 2.75) is 11.7 Å². The molecule has 40 heavy (non-hydrogen) atoms. The maximum Gasteiger partial charge on any atom is 0.217 e. The van der Waals surface area contributed by atoms with E-state index in [2.05, 4.69) is 15.5 Å². The number of hydrogen-bond donors (Lipinski definition) is 1. The number of aromatic nitrogens is 3. The number of halogens is 5. The van der Waals surface area contributed by atoms with E-state index >= 15 is 0 Å². The summed E-state index contributed by atoms with van der Waals surface area (Å²) in [6.07, 6.45) is 1.80. The second kappa shape index (κ2) is 11.3. The van der Waals surface area contributed by atoms with Crippen molar-refractivity contribution in [3.05, 3.63) is 121 Å². The van der Waals surface area contributed by atoms with E-state index in [4.69, 9.17) is 55.9 Å². The quantitative estimate of drug-likeness (QED) is 0.189. The Labute approximate surface area is 252 Å². The molecule has 0 atom stereocenters. The van der Waals surface area contributed by atoms with Crippen LogP contribution < -0.4 is 5.32 Å². The number of furan rings is 1. The molecule has 0 radical (unpaired) electrons. The van der Waals surface area contributed by atoms with E-state index in [1.54, 1.807) is 35.0 Å². The molecular formula is C28H16Cl4FN5OS. The summed E-state index contributed by atoms with van der Waals surface area (Å²) in [4.78, 5) is 0.637. The number of nitrogens with zero attached hydrogens (tertiary/aromatic N) is 4. The van der Waals surface area contributed by atoms with Crippen LogP contribution in [0.2, 0.25) is 20.1 Å². The van der Waals surface area contributed by atoms with Gasteiger partial charge in [-0.15, -0.1) is 10.2 Å². The van der Waals surface area contributed by atoms with E-state index < -0.39 is 5.82 Å². The van der Waals surface area contributed by atoms with Gasteiger partial charge < -0.3 is 9.73 Å². The zero-order chi connectivity index (χ0) is 27.8. The highest BCUT2D eigenvalue weighted by Gasteiger charge is 2.27.